The second kappa shape index (κ2) is 4.83. The zero-order valence-electron chi connectivity index (χ0n) is 9.39. The molecule has 0 aromatic rings. The van der Waals surface area contributed by atoms with Crippen molar-refractivity contribution in [1.82, 2.24) is 0 Å². The molecular weight excluding hydrogens is 200 g/mol. The number of carbonyl (C=O) groups excluding carboxylic acids is 1. The normalized spacial score (nSPS) is 15.8. The first kappa shape index (κ1) is 13.5. The Balaban J connectivity index is 4.46. The van der Waals surface area contributed by atoms with Crippen LogP contribution in [0.15, 0.2) is 12.7 Å². The minimum absolute atomic E-state index is 0.0180. The summed E-state index contributed by atoms with van der Waals surface area (Å²) in [7, 11) is 0. The van der Waals surface area contributed by atoms with E-state index in [2.05, 4.69) is 20.4 Å². The van der Waals surface area contributed by atoms with Crippen LogP contribution in [0.1, 0.15) is 40.5 Å². The summed E-state index contributed by atoms with van der Waals surface area (Å²) in [6, 6.07) is 0. The number of carbonyl (C=O) groups is 1. The van der Waals surface area contributed by atoms with E-state index in [1.54, 1.807) is 0 Å². The maximum Gasteiger partial charge on any atom is 0.404 e. The highest BCUT2D eigenvalue weighted by atomic mass is 35.5. The third-order valence-electron chi connectivity index (χ3n) is 2.49. The van der Waals surface area contributed by atoms with Crippen LogP contribution in [0.25, 0.3) is 0 Å². The zero-order valence-corrected chi connectivity index (χ0v) is 10.1. The first-order chi connectivity index (χ1) is 6.24. The average Bonchev–Trinajstić information content (AvgIpc) is 2.01. The van der Waals surface area contributed by atoms with E-state index in [0.717, 1.165) is 12.8 Å². The second-order valence-electron chi connectivity index (χ2n) is 4.49. The minimum atomic E-state index is -0.752. The third-order valence-corrected chi connectivity index (χ3v) is 2.56. The van der Waals surface area contributed by atoms with Gasteiger partial charge < -0.3 is 4.74 Å². The van der Waals surface area contributed by atoms with Crippen LogP contribution in [0, 0.1) is 5.41 Å². The van der Waals surface area contributed by atoms with Crippen LogP contribution in [0.3, 0.4) is 0 Å². The lowest BCUT2D eigenvalue weighted by Gasteiger charge is -2.33. The van der Waals surface area contributed by atoms with Gasteiger partial charge in [-0.05, 0) is 32.1 Å². The molecule has 0 rings (SSSR count). The van der Waals surface area contributed by atoms with Crippen molar-refractivity contribution < 1.29 is 9.53 Å². The Kier molecular flexibility index (Phi) is 4.66. The highest BCUT2D eigenvalue weighted by Crippen LogP contribution is 2.34. The molecule has 1 unspecified atom stereocenters. The highest BCUT2D eigenvalue weighted by molar-refractivity contribution is 6.61. The molecule has 0 aromatic heterocycles. The van der Waals surface area contributed by atoms with Gasteiger partial charge in [0.15, 0.2) is 0 Å². The number of halogens is 1. The predicted molar refractivity (Wildman–Crippen MR) is 59.6 cm³/mol. The van der Waals surface area contributed by atoms with Gasteiger partial charge in [-0.3, -0.25) is 0 Å². The Labute approximate surface area is 91.3 Å². The molecule has 0 N–H and O–H groups in total. The van der Waals surface area contributed by atoms with Crippen molar-refractivity contribution in [3.8, 4) is 0 Å². The van der Waals surface area contributed by atoms with Crippen LogP contribution in [0.2, 0.25) is 0 Å². The molecule has 0 heterocycles. The van der Waals surface area contributed by atoms with Crippen molar-refractivity contribution in [3.63, 3.8) is 0 Å². The topological polar surface area (TPSA) is 26.3 Å². The van der Waals surface area contributed by atoms with Crippen molar-refractivity contribution in [1.29, 1.82) is 0 Å². The third kappa shape index (κ3) is 4.66. The van der Waals surface area contributed by atoms with E-state index >= 15 is 0 Å². The molecule has 0 amide bonds. The van der Waals surface area contributed by atoms with E-state index in [1.165, 1.54) is 0 Å². The molecule has 0 aromatic carbocycles. The molecule has 0 aliphatic rings. The fourth-order valence-electron chi connectivity index (χ4n) is 1.57. The minimum Gasteiger partial charge on any atom is -0.448 e. The lowest BCUT2D eigenvalue weighted by atomic mass is 9.78. The van der Waals surface area contributed by atoms with Crippen molar-refractivity contribution in [2.45, 2.75) is 46.1 Å². The van der Waals surface area contributed by atoms with Crippen molar-refractivity contribution in [3.05, 3.63) is 12.7 Å². The molecule has 0 saturated carbocycles. The van der Waals surface area contributed by atoms with E-state index in [1.807, 2.05) is 19.9 Å². The van der Waals surface area contributed by atoms with Gasteiger partial charge in [-0.2, -0.15) is 0 Å². The number of ether oxygens (including phenoxy) is 1. The Hall–Kier alpha value is -0.500. The average molecular weight is 219 g/mol. The molecule has 0 bridgehead atoms. The maximum atomic E-state index is 10.6. The number of hydrogen-bond acceptors (Lipinski definition) is 2. The molecule has 14 heavy (non-hydrogen) atoms. The Bertz CT molecular complexity index is 223. The van der Waals surface area contributed by atoms with Gasteiger partial charge in [0.25, 0.3) is 0 Å². The molecule has 0 saturated heterocycles. The molecule has 0 radical (unpaired) electrons. The quantitative estimate of drug-likeness (QED) is 0.512. The van der Waals surface area contributed by atoms with Gasteiger partial charge in [-0.25, -0.2) is 4.79 Å². The molecule has 3 heteroatoms. The number of rotatable bonds is 5. The largest absolute Gasteiger partial charge is 0.448 e. The number of hydrogen-bond donors (Lipinski definition) is 0. The molecule has 0 aliphatic carbocycles. The molecule has 0 fully saturated rings. The lowest BCUT2D eigenvalue weighted by molar-refractivity contribution is 0.0260. The van der Waals surface area contributed by atoms with Gasteiger partial charge >= 0.3 is 5.43 Å². The summed E-state index contributed by atoms with van der Waals surface area (Å²) < 4.78 is 5.02. The molecule has 0 spiro atoms. The van der Waals surface area contributed by atoms with Crippen LogP contribution in [0.5, 0.6) is 0 Å². The Morgan fingerprint density at radius 2 is 2.00 bits per heavy atom. The zero-order chi connectivity index (χ0) is 11.4. The summed E-state index contributed by atoms with van der Waals surface area (Å²) in [5.74, 6) is 0. The summed E-state index contributed by atoms with van der Waals surface area (Å²) in [5.41, 5.74) is -1.31. The van der Waals surface area contributed by atoms with Gasteiger partial charge in [0.2, 0.25) is 0 Å². The highest BCUT2D eigenvalue weighted by Gasteiger charge is 2.31. The Morgan fingerprint density at radius 1 is 1.50 bits per heavy atom. The van der Waals surface area contributed by atoms with Crippen molar-refractivity contribution in [2.24, 2.45) is 5.41 Å². The van der Waals surface area contributed by atoms with E-state index in [9.17, 15) is 4.79 Å². The van der Waals surface area contributed by atoms with Gasteiger partial charge in [0.05, 0.1) is 0 Å². The van der Waals surface area contributed by atoms with Crippen molar-refractivity contribution in [2.75, 3.05) is 0 Å². The van der Waals surface area contributed by atoms with Gasteiger partial charge in [-0.1, -0.05) is 19.9 Å². The molecular formula is C11H19ClO2. The predicted octanol–water partition coefficient (Wildman–Crippen LogP) is 4.13. The second-order valence-corrected chi connectivity index (χ2v) is 4.80. The van der Waals surface area contributed by atoms with Crippen LogP contribution in [-0.2, 0) is 4.74 Å². The van der Waals surface area contributed by atoms with E-state index < -0.39 is 11.0 Å². The molecule has 0 aliphatic heterocycles. The van der Waals surface area contributed by atoms with Crippen molar-refractivity contribution >= 4 is 17.0 Å². The summed E-state index contributed by atoms with van der Waals surface area (Å²) in [6.07, 6.45) is 3.58. The lowest BCUT2D eigenvalue weighted by Crippen LogP contribution is -2.32. The summed E-state index contributed by atoms with van der Waals surface area (Å²) in [5, 5.41) is 0. The van der Waals surface area contributed by atoms with Crippen LogP contribution >= 0.6 is 11.6 Å². The summed E-state index contributed by atoms with van der Waals surface area (Å²) in [4.78, 5) is 10.6. The molecule has 2 nitrogen and oxygen atoms in total. The van der Waals surface area contributed by atoms with E-state index in [4.69, 9.17) is 16.3 Å². The van der Waals surface area contributed by atoms with Crippen LogP contribution in [-0.4, -0.2) is 11.0 Å². The molecule has 1 atom stereocenters. The van der Waals surface area contributed by atoms with Gasteiger partial charge in [-0.15, -0.1) is 6.58 Å². The number of allylic oxidation sites excluding steroid dienone is 1. The monoisotopic (exact) mass is 218 g/mol. The van der Waals surface area contributed by atoms with Crippen LogP contribution < -0.4 is 0 Å². The first-order valence-electron chi connectivity index (χ1n) is 4.77. The summed E-state index contributed by atoms with van der Waals surface area (Å²) >= 11 is 5.19. The van der Waals surface area contributed by atoms with E-state index in [-0.39, 0.29) is 5.41 Å². The van der Waals surface area contributed by atoms with Gasteiger partial charge in [0, 0.05) is 11.6 Å². The fourth-order valence-corrected chi connectivity index (χ4v) is 1.78. The van der Waals surface area contributed by atoms with Gasteiger partial charge in [0.1, 0.15) is 5.60 Å². The fraction of sp³-hybridized carbons (Fsp3) is 0.727. The molecule has 82 valence electrons. The Morgan fingerprint density at radius 3 is 2.29 bits per heavy atom. The van der Waals surface area contributed by atoms with Crippen LogP contribution in [0.4, 0.5) is 4.79 Å². The standard InChI is InChI=1S/C11H19ClO2/c1-6-11(5,7-2)8-10(3,4)14-9(12)13/h6H,1,7-8H2,2-5H3. The first-order valence-corrected chi connectivity index (χ1v) is 5.14. The maximum absolute atomic E-state index is 10.6. The smallest absolute Gasteiger partial charge is 0.404 e. The summed E-state index contributed by atoms with van der Waals surface area (Å²) in [6.45, 7) is 11.7. The SMILES string of the molecule is C=CC(C)(CC)CC(C)(C)OC(=O)Cl. The van der Waals surface area contributed by atoms with E-state index in [0.29, 0.717) is 0 Å².